The van der Waals surface area contributed by atoms with Crippen molar-refractivity contribution in [3.63, 3.8) is 0 Å². The van der Waals surface area contributed by atoms with Crippen LogP contribution in [0.25, 0.3) is 0 Å². The number of para-hydroxylation sites is 1. The van der Waals surface area contributed by atoms with Gasteiger partial charge in [0.2, 0.25) is 5.95 Å². The third-order valence-electron chi connectivity index (χ3n) is 5.18. The summed E-state index contributed by atoms with van der Waals surface area (Å²) in [5, 5.41) is -1.48. The molecule has 0 unspecified atom stereocenters. The highest BCUT2D eigenvalue weighted by Crippen LogP contribution is 2.54. The Morgan fingerprint density at radius 3 is 2.37 bits per heavy atom. The van der Waals surface area contributed by atoms with Crippen LogP contribution in [0.15, 0.2) is 42.7 Å². The zero-order chi connectivity index (χ0) is 19.3. The lowest BCUT2D eigenvalue weighted by Gasteiger charge is -2.29. The van der Waals surface area contributed by atoms with E-state index in [9.17, 15) is 21.6 Å². The molecule has 2 aliphatic heterocycles. The van der Waals surface area contributed by atoms with E-state index < -0.39 is 45.4 Å². The minimum Gasteiger partial charge on any atom is -0.454 e. The molecule has 10 heteroatoms. The van der Waals surface area contributed by atoms with Gasteiger partial charge in [0.15, 0.2) is 15.6 Å². The van der Waals surface area contributed by atoms with Crippen LogP contribution >= 0.6 is 0 Å². The van der Waals surface area contributed by atoms with Crippen LogP contribution in [-0.2, 0) is 9.84 Å². The molecule has 2 atom stereocenters. The van der Waals surface area contributed by atoms with Crippen LogP contribution < -0.4 is 9.64 Å². The van der Waals surface area contributed by atoms with Crippen LogP contribution in [0.3, 0.4) is 0 Å². The zero-order valence-corrected chi connectivity index (χ0v) is 14.9. The number of halogens is 3. The molecule has 6 nitrogen and oxygen atoms in total. The first-order valence-electron chi connectivity index (χ1n) is 8.29. The lowest BCUT2D eigenvalue weighted by molar-refractivity contribution is -0.213. The molecule has 0 saturated carbocycles. The van der Waals surface area contributed by atoms with E-state index in [-0.39, 0.29) is 12.5 Å². The van der Waals surface area contributed by atoms with Crippen molar-refractivity contribution in [3.05, 3.63) is 42.7 Å². The van der Waals surface area contributed by atoms with E-state index in [1.165, 1.54) is 17.3 Å². The number of sulfone groups is 1. The number of benzene rings is 1. The fourth-order valence-corrected chi connectivity index (χ4v) is 6.12. The molecule has 0 aliphatic carbocycles. The molecule has 27 heavy (non-hydrogen) atoms. The molecule has 0 radical (unpaired) electrons. The summed E-state index contributed by atoms with van der Waals surface area (Å²) < 4.78 is 70.9. The third-order valence-corrected chi connectivity index (χ3v) is 7.42. The summed E-state index contributed by atoms with van der Waals surface area (Å²) in [5.41, 5.74) is -2.26. The summed E-state index contributed by atoms with van der Waals surface area (Å²) >= 11 is 0. The van der Waals surface area contributed by atoms with E-state index >= 15 is 0 Å². The van der Waals surface area contributed by atoms with Crippen molar-refractivity contribution in [3.8, 4) is 11.5 Å². The van der Waals surface area contributed by atoms with Gasteiger partial charge in [-0.3, -0.25) is 0 Å². The molecule has 1 aromatic heterocycles. The SMILES string of the molecule is O=S1(=O)CC[C@]2(C(F)(F)F)CN(c3ncc(Oc4ccccc4)cn3)C[C@@H]21. The monoisotopic (exact) mass is 399 g/mol. The van der Waals surface area contributed by atoms with Gasteiger partial charge in [-0.15, -0.1) is 0 Å². The molecule has 0 spiro atoms. The number of nitrogens with zero attached hydrogens (tertiary/aromatic N) is 3. The Kier molecular flexibility index (Phi) is 4.06. The van der Waals surface area contributed by atoms with Gasteiger partial charge < -0.3 is 9.64 Å². The second-order valence-corrected chi connectivity index (χ2v) is 9.08. The maximum atomic E-state index is 13.7. The minimum atomic E-state index is -4.60. The number of ether oxygens (including phenoxy) is 1. The molecule has 2 fully saturated rings. The Morgan fingerprint density at radius 1 is 1.11 bits per heavy atom. The van der Waals surface area contributed by atoms with E-state index in [1.807, 2.05) is 6.07 Å². The molecule has 2 aliphatic rings. The normalized spacial score (nSPS) is 26.8. The van der Waals surface area contributed by atoms with E-state index in [0.717, 1.165) is 0 Å². The molecular formula is C17H16F3N3O3S. The first-order chi connectivity index (χ1) is 12.7. The number of aromatic nitrogens is 2. The predicted molar refractivity (Wildman–Crippen MR) is 91.4 cm³/mol. The molecular weight excluding hydrogens is 383 g/mol. The molecule has 0 bridgehead atoms. The Balaban J connectivity index is 1.56. The van der Waals surface area contributed by atoms with Crippen molar-refractivity contribution < 1.29 is 26.3 Å². The number of hydrogen-bond donors (Lipinski definition) is 0. The van der Waals surface area contributed by atoms with Gasteiger partial charge in [0.25, 0.3) is 0 Å². The number of fused-ring (bicyclic) bond motifs is 1. The molecule has 0 amide bonds. The fourth-order valence-electron chi connectivity index (χ4n) is 3.76. The summed E-state index contributed by atoms with van der Waals surface area (Å²) in [5.74, 6) is 0.535. The molecule has 3 heterocycles. The van der Waals surface area contributed by atoms with E-state index in [2.05, 4.69) is 9.97 Å². The molecule has 2 aromatic rings. The number of hydrogen-bond acceptors (Lipinski definition) is 6. The van der Waals surface area contributed by atoms with E-state index in [0.29, 0.717) is 11.5 Å². The highest BCUT2D eigenvalue weighted by molar-refractivity contribution is 7.92. The second kappa shape index (κ2) is 6.08. The molecule has 4 rings (SSSR count). The van der Waals surface area contributed by atoms with Crippen molar-refractivity contribution in [1.82, 2.24) is 9.97 Å². The van der Waals surface area contributed by atoms with Crippen molar-refractivity contribution in [2.45, 2.75) is 17.8 Å². The first kappa shape index (κ1) is 18.0. The van der Waals surface area contributed by atoms with Crippen LogP contribution in [0.1, 0.15) is 6.42 Å². The maximum Gasteiger partial charge on any atom is 0.397 e. The van der Waals surface area contributed by atoms with Gasteiger partial charge in [-0.25, -0.2) is 18.4 Å². The average Bonchev–Trinajstić information content (AvgIpc) is 3.14. The standard InChI is InChI=1S/C17H16F3N3O3S/c18-17(19,20)16-6-7-27(24,25)14(16)10-23(11-16)15-21-8-13(9-22-15)26-12-4-2-1-3-5-12/h1-5,8-9,14H,6-7,10-11H2/t14-,16-/m0/s1. The van der Waals surface area contributed by atoms with E-state index in [4.69, 9.17) is 4.74 Å². The Bertz CT molecular complexity index is 935. The minimum absolute atomic E-state index is 0.0589. The number of rotatable bonds is 3. The van der Waals surface area contributed by atoms with Crippen molar-refractivity contribution in [1.29, 1.82) is 0 Å². The third kappa shape index (κ3) is 3.01. The highest BCUT2D eigenvalue weighted by Gasteiger charge is 2.70. The van der Waals surface area contributed by atoms with Gasteiger partial charge in [-0.1, -0.05) is 18.2 Å². The predicted octanol–water partition coefficient (Wildman–Crippen LogP) is 2.82. The van der Waals surface area contributed by atoms with Gasteiger partial charge in [0.05, 0.1) is 23.4 Å². The smallest absolute Gasteiger partial charge is 0.397 e. The first-order valence-corrected chi connectivity index (χ1v) is 10.0. The van der Waals surface area contributed by atoms with Crippen LogP contribution in [-0.4, -0.2) is 48.7 Å². The van der Waals surface area contributed by atoms with Gasteiger partial charge >= 0.3 is 6.18 Å². The lowest BCUT2D eigenvalue weighted by atomic mass is 9.83. The number of alkyl halides is 3. The molecule has 0 N–H and O–H groups in total. The second-order valence-electron chi connectivity index (χ2n) is 6.77. The van der Waals surface area contributed by atoms with Crippen molar-refractivity contribution in [2.75, 3.05) is 23.7 Å². The van der Waals surface area contributed by atoms with Crippen LogP contribution in [0, 0.1) is 5.41 Å². The van der Waals surface area contributed by atoms with Crippen molar-refractivity contribution >= 4 is 15.8 Å². The average molecular weight is 399 g/mol. The Hall–Kier alpha value is -2.36. The van der Waals surface area contributed by atoms with Crippen molar-refractivity contribution in [2.24, 2.45) is 5.41 Å². The summed E-state index contributed by atoms with van der Waals surface area (Å²) in [6, 6.07) is 8.91. The molecule has 2 saturated heterocycles. The van der Waals surface area contributed by atoms with Gasteiger partial charge in [-0.2, -0.15) is 13.2 Å². The van der Waals surface area contributed by atoms with Gasteiger partial charge in [-0.05, 0) is 18.6 Å². The summed E-state index contributed by atoms with van der Waals surface area (Å²) in [6.07, 6.45) is -2.31. The summed E-state index contributed by atoms with van der Waals surface area (Å²) in [7, 11) is -3.80. The highest BCUT2D eigenvalue weighted by atomic mass is 32.2. The van der Waals surface area contributed by atoms with E-state index in [1.54, 1.807) is 24.3 Å². The number of anilines is 1. The maximum absolute atomic E-state index is 13.7. The zero-order valence-electron chi connectivity index (χ0n) is 14.1. The summed E-state index contributed by atoms with van der Waals surface area (Å²) in [6.45, 7) is -0.722. The van der Waals surface area contributed by atoms with Crippen LogP contribution in [0.4, 0.5) is 19.1 Å². The van der Waals surface area contributed by atoms with Crippen LogP contribution in [0.2, 0.25) is 0 Å². The topological polar surface area (TPSA) is 72.4 Å². The Labute approximate surface area is 153 Å². The molecule has 144 valence electrons. The lowest BCUT2D eigenvalue weighted by Crippen LogP contribution is -2.45. The summed E-state index contributed by atoms with van der Waals surface area (Å²) in [4.78, 5) is 9.44. The molecule has 1 aromatic carbocycles. The van der Waals surface area contributed by atoms with Gasteiger partial charge in [0.1, 0.15) is 11.2 Å². The largest absolute Gasteiger partial charge is 0.454 e. The Morgan fingerprint density at radius 2 is 1.78 bits per heavy atom. The van der Waals surface area contributed by atoms with Gasteiger partial charge in [0, 0.05) is 13.1 Å². The van der Waals surface area contributed by atoms with Crippen LogP contribution in [0.5, 0.6) is 11.5 Å². The fraction of sp³-hybridized carbons (Fsp3) is 0.412. The quantitative estimate of drug-likeness (QED) is 0.790.